The van der Waals surface area contributed by atoms with Gasteiger partial charge in [0.15, 0.2) is 0 Å². The minimum absolute atomic E-state index is 0.0317. The third-order valence-electron chi connectivity index (χ3n) is 5.13. The van der Waals surface area contributed by atoms with Gasteiger partial charge in [0.2, 0.25) is 0 Å². The summed E-state index contributed by atoms with van der Waals surface area (Å²) in [7, 11) is 0. The van der Waals surface area contributed by atoms with Crippen LogP contribution in [0, 0.1) is 5.92 Å². The number of thiocarbonyl (C=S) groups is 1. The zero-order valence-electron chi connectivity index (χ0n) is 14.2. The molecule has 0 N–H and O–H groups in total. The molecule has 25 heavy (non-hydrogen) atoms. The summed E-state index contributed by atoms with van der Waals surface area (Å²) in [6.45, 7) is 5.23. The largest absolute Gasteiger partial charge is 0.375 e. The van der Waals surface area contributed by atoms with E-state index in [4.69, 9.17) is 12.2 Å². The van der Waals surface area contributed by atoms with Crippen molar-refractivity contribution in [2.45, 2.75) is 32.2 Å². The second kappa shape index (κ2) is 6.61. The molecule has 4 rings (SSSR count). The molecule has 1 amide bonds. The maximum Gasteiger partial charge on any atom is 0.267 e. The Morgan fingerprint density at radius 1 is 1.28 bits per heavy atom. The number of carbonyl (C=O) groups is 1. The molecule has 132 valence electrons. The van der Waals surface area contributed by atoms with Gasteiger partial charge in [0.1, 0.15) is 4.32 Å². The summed E-state index contributed by atoms with van der Waals surface area (Å²) >= 11 is 6.75. The zero-order chi connectivity index (χ0) is 17.6. The number of thioether (sulfide) groups is 1. The molecule has 0 spiro atoms. The van der Waals surface area contributed by atoms with Crippen LogP contribution in [0.25, 0.3) is 0 Å². The molecule has 3 aliphatic rings. The summed E-state index contributed by atoms with van der Waals surface area (Å²) in [5.74, 6) is 0.825. The van der Waals surface area contributed by atoms with Gasteiger partial charge in [-0.05, 0) is 24.8 Å². The molecule has 2 atom stereocenters. The number of nitrogens with zero attached hydrogens (tertiary/aromatic N) is 3. The van der Waals surface area contributed by atoms with E-state index in [2.05, 4.69) is 11.0 Å². The number of fused-ring (bicyclic) bond motifs is 4. The van der Waals surface area contributed by atoms with Gasteiger partial charge >= 0.3 is 0 Å². The molecule has 4 heterocycles. The van der Waals surface area contributed by atoms with E-state index < -0.39 is 0 Å². The first-order chi connectivity index (χ1) is 12.1. The number of likely N-dealkylation sites (tertiary alicyclic amines) is 1. The van der Waals surface area contributed by atoms with Crippen molar-refractivity contribution >= 4 is 34.2 Å². The number of carbonyl (C=O) groups excluding carboxylic acids is 1. The number of pyridine rings is 1. The molecular weight excluding hydrogens is 354 g/mol. The summed E-state index contributed by atoms with van der Waals surface area (Å²) in [4.78, 5) is 29.3. The van der Waals surface area contributed by atoms with Crippen LogP contribution in [0.5, 0.6) is 0 Å². The van der Waals surface area contributed by atoms with Crippen LogP contribution in [0.1, 0.15) is 31.4 Å². The first-order valence-electron chi connectivity index (χ1n) is 8.76. The van der Waals surface area contributed by atoms with Crippen molar-refractivity contribution in [3.63, 3.8) is 0 Å². The third-order valence-corrected chi connectivity index (χ3v) is 6.49. The highest BCUT2D eigenvalue weighted by atomic mass is 32.2. The van der Waals surface area contributed by atoms with Crippen LogP contribution in [-0.4, -0.2) is 44.2 Å². The van der Waals surface area contributed by atoms with Crippen LogP contribution >= 0.6 is 24.0 Å². The summed E-state index contributed by atoms with van der Waals surface area (Å²) < 4.78 is 2.59. The maximum absolute atomic E-state index is 12.5. The number of piperidine rings is 1. The van der Waals surface area contributed by atoms with Crippen molar-refractivity contribution in [3.05, 3.63) is 45.4 Å². The molecular formula is C18H21N3O2S2. The highest BCUT2D eigenvalue weighted by Gasteiger charge is 2.36. The lowest BCUT2D eigenvalue weighted by Crippen LogP contribution is -2.45. The Hall–Kier alpha value is -1.60. The summed E-state index contributed by atoms with van der Waals surface area (Å²) in [6, 6.07) is 5.55. The molecule has 5 nitrogen and oxygen atoms in total. The molecule has 1 aromatic heterocycles. The predicted molar refractivity (Wildman–Crippen MR) is 103 cm³/mol. The first kappa shape index (κ1) is 16.8. The van der Waals surface area contributed by atoms with Crippen molar-refractivity contribution in [2.24, 2.45) is 5.92 Å². The Labute approximate surface area is 156 Å². The molecule has 1 aromatic rings. The topological polar surface area (TPSA) is 45.6 Å². The van der Waals surface area contributed by atoms with Gasteiger partial charge in [0.25, 0.3) is 11.5 Å². The molecule has 0 aromatic carbocycles. The second-order valence-electron chi connectivity index (χ2n) is 6.97. The molecule has 3 aliphatic heterocycles. The van der Waals surface area contributed by atoms with E-state index in [-0.39, 0.29) is 11.5 Å². The van der Waals surface area contributed by atoms with Gasteiger partial charge in [0, 0.05) is 50.1 Å². The predicted octanol–water partition coefficient (Wildman–Crippen LogP) is 2.38. The van der Waals surface area contributed by atoms with Gasteiger partial charge in [-0.3, -0.25) is 14.5 Å². The molecule has 0 aliphatic carbocycles. The van der Waals surface area contributed by atoms with Crippen molar-refractivity contribution in [3.8, 4) is 0 Å². The average molecular weight is 376 g/mol. The maximum atomic E-state index is 12.5. The van der Waals surface area contributed by atoms with E-state index in [1.54, 1.807) is 11.0 Å². The van der Waals surface area contributed by atoms with Crippen molar-refractivity contribution < 1.29 is 4.79 Å². The van der Waals surface area contributed by atoms with Crippen molar-refractivity contribution in [1.82, 2.24) is 14.4 Å². The quantitative estimate of drug-likeness (QED) is 0.600. The average Bonchev–Trinajstić information content (AvgIpc) is 2.84. The monoisotopic (exact) mass is 375 g/mol. The van der Waals surface area contributed by atoms with Crippen LogP contribution in [-0.2, 0) is 11.3 Å². The van der Waals surface area contributed by atoms with E-state index in [0.717, 1.165) is 43.1 Å². The molecule has 2 saturated heterocycles. The Bertz CT molecular complexity index is 817. The molecule has 7 heteroatoms. The Balaban J connectivity index is 1.56. The Morgan fingerprint density at radius 3 is 2.92 bits per heavy atom. The molecule has 0 radical (unpaired) electrons. The van der Waals surface area contributed by atoms with Crippen LogP contribution < -0.4 is 5.56 Å². The van der Waals surface area contributed by atoms with Crippen LogP contribution in [0.2, 0.25) is 0 Å². The van der Waals surface area contributed by atoms with Crippen LogP contribution in [0.4, 0.5) is 0 Å². The van der Waals surface area contributed by atoms with Crippen molar-refractivity contribution in [1.29, 1.82) is 0 Å². The number of amides is 1. The van der Waals surface area contributed by atoms with E-state index in [0.29, 0.717) is 22.7 Å². The van der Waals surface area contributed by atoms with Crippen LogP contribution in [0.3, 0.4) is 0 Å². The number of hydrogen-bond donors (Lipinski definition) is 0. The van der Waals surface area contributed by atoms with E-state index in [1.165, 1.54) is 11.8 Å². The smallest absolute Gasteiger partial charge is 0.267 e. The fourth-order valence-corrected chi connectivity index (χ4v) is 5.43. The van der Waals surface area contributed by atoms with Crippen LogP contribution in [0.15, 0.2) is 34.1 Å². The fourth-order valence-electron chi connectivity index (χ4n) is 4.11. The minimum Gasteiger partial charge on any atom is -0.375 e. The van der Waals surface area contributed by atoms with E-state index in [9.17, 15) is 9.59 Å². The SMILES string of the molecule is CCCN1C(=O)/C(=C/N2CC3C[C@@H](C2)c2cccc(=O)n2C3)SC1=S. The summed E-state index contributed by atoms with van der Waals surface area (Å²) in [5.41, 5.74) is 1.22. The first-order valence-corrected chi connectivity index (χ1v) is 9.98. The normalized spacial score (nSPS) is 27.2. The number of rotatable bonds is 3. The summed E-state index contributed by atoms with van der Waals surface area (Å²) in [6.07, 6.45) is 4.01. The minimum atomic E-state index is 0.0317. The molecule has 2 fully saturated rings. The van der Waals surface area contributed by atoms with Gasteiger partial charge in [-0.25, -0.2) is 0 Å². The summed E-state index contributed by atoms with van der Waals surface area (Å²) in [5, 5.41) is 0. The second-order valence-corrected chi connectivity index (χ2v) is 8.65. The third kappa shape index (κ3) is 3.04. The fraction of sp³-hybridized carbons (Fsp3) is 0.500. The molecule has 2 bridgehead atoms. The van der Waals surface area contributed by atoms with E-state index >= 15 is 0 Å². The molecule has 1 unspecified atom stereocenters. The van der Waals surface area contributed by atoms with Gasteiger partial charge in [-0.2, -0.15) is 0 Å². The lowest BCUT2D eigenvalue weighted by atomic mass is 9.83. The Morgan fingerprint density at radius 2 is 2.12 bits per heavy atom. The van der Waals surface area contributed by atoms with Gasteiger partial charge < -0.3 is 9.47 Å². The lowest BCUT2D eigenvalue weighted by Gasteiger charge is -2.42. The Kier molecular flexibility index (Phi) is 4.45. The molecule has 0 saturated carbocycles. The highest BCUT2D eigenvalue weighted by Crippen LogP contribution is 2.37. The van der Waals surface area contributed by atoms with Gasteiger partial charge in [-0.15, -0.1) is 0 Å². The number of aromatic nitrogens is 1. The highest BCUT2D eigenvalue weighted by molar-refractivity contribution is 8.26. The standard InChI is InChI=1S/C18H21N3O2S2/c1-2-6-20-17(23)15(25-18(20)24)11-19-8-12-7-13(10-19)14-4-3-5-16(22)21(14)9-12/h3-5,11-13H,2,6-10H2,1H3/b15-11-/t12?,13-/m0/s1. The zero-order valence-corrected chi connectivity index (χ0v) is 15.8. The number of hydrogen-bond acceptors (Lipinski definition) is 5. The van der Waals surface area contributed by atoms with Gasteiger partial charge in [0.05, 0.1) is 4.91 Å². The lowest BCUT2D eigenvalue weighted by molar-refractivity contribution is -0.122. The van der Waals surface area contributed by atoms with Gasteiger partial charge in [-0.1, -0.05) is 37.0 Å². The van der Waals surface area contributed by atoms with Crippen molar-refractivity contribution in [2.75, 3.05) is 19.6 Å². The van der Waals surface area contributed by atoms with E-state index in [1.807, 2.05) is 23.8 Å².